The van der Waals surface area contributed by atoms with Crippen LogP contribution in [0, 0.1) is 0 Å². The van der Waals surface area contributed by atoms with E-state index >= 15 is 0 Å². The van der Waals surface area contributed by atoms with Gasteiger partial charge >= 0.3 is 0 Å². The van der Waals surface area contributed by atoms with Crippen LogP contribution in [0.4, 0.5) is 4.39 Å². The van der Waals surface area contributed by atoms with Gasteiger partial charge in [-0.2, -0.15) is 0 Å². The van der Waals surface area contributed by atoms with Crippen LogP contribution < -0.4 is 0 Å². The van der Waals surface area contributed by atoms with Crippen molar-refractivity contribution in [3.63, 3.8) is 0 Å². The highest BCUT2D eigenvalue weighted by molar-refractivity contribution is 4.44. The second kappa shape index (κ2) is 7.00. The van der Waals surface area contributed by atoms with Crippen molar-refractivity contribution in [1.82, 2.24) is 0 Å². The van der Waals surface area contributed by atoms with Gasteiger partial charge in [0, 0.05) is 6.42 Å². The molecule has 0 unspecified atom stereocenters. The quantitative estimate of drug-likeness (QED) is 0.574. The lowest BCUT2D eigenvalue weighted by Gasteiger charge is -1.99. The monoisotopic (exact) mass is 148 g/mol. The number of aliphatic hydroxyl groups is 1. The van der Waals surface area contributed by atoms with Gasteiger partial charge in [-0.3, -0.25) is 0 Å². The van der Waals surface area contributed by atoms with Crippen LogP contribution in [0.1, 0.15) is 45.4 Å². The molecule has 0 saturated heterocycles. The van der Waals surface area contributed by atoms with E-state index in [2.05, 4.69) is 6.92 Å². The maximum absolute atomic E-state index is 11.8. The molecule has 0 aromatic carbocycles. The summed E-state index contributed by atoms with van der Waals surface area (Å²) in [5.41, 5.74) is 0. The molecule has 0 fully saturated rings. The van der Waals surface area contributed by atoms with Gasteiger partial charge < -0.3 is 5.11 Å². The van der Waals surface area contributed by atoms with Crippen molar-refractivity contribution in [3.8, 4) is 0 Å². The molecule has 0 aliphatic carbocycles. The number of halogens is 1. The van der Waals surface area contributed by atoms with Crippen LogP contribution in [-0.2, 0) is 0 Å². The fraction of sp³-hybridized carbons (Fsp3) is 1.00. The van der Waals surface area contributed by atoms with Crippen LogP contribution in [0.2, 0.25) is 0 Å². The highest BCUT2D eigenvalue weighted by Gasteiger charge is 1.97. The Labute approximate surface area is 62.3 Å². The van der Waals surface area contributed by atoms with Crippen molar-refractivity contribution in [2.24, 2.45) is 0 Å². The molecule has 2 heteroatoms. The van der Waals surface area contributed by atoms with Gasteiger partial charge in [0.2, 0.25) is 0 Å². The molecule has 1 nitrogen and oxygen atoms in total. The van der Waals surface area contributed by atoms with Crippen LogP contribution >= 0.6 is 0 Å². The van der Waals surface area contributed by atoms with Gasteiger partial charge in [0.05, 0.1) is 0 Å². The minimum Gasteiger partial charge on any atom is -0.364 e. The van der Waals surface area contributed by atoms with Gasteiger partial charge in [0.15, 0.2) is 6.36 Å². The first kappa shape index (κ1) is 9.89. The van der Waals surface area contributed by atoms with E-state index in [4.69, 9.17) is 5.11 Å². The third kappa shape index (κ3) is 7.89. The van der Waals surface area contributed by atoms with E-state index in [1.807, 2.05) is 0 Å². The Hall–Kier alpha value is -0.110. The molecule has 62 valence electrons. The zero-order valence-electron chi connectivity index (χ0n) is 6.65. The molecule has 0 aromatic heterocycles. The van der Waals surface area contributed by atoms with Crippen molar-refractivity contribution >= 4 is 0 Å². The molecule has 10 heavy (non-hydrogen) atoms. The summed E-state index contributed by atoms with van der Waals surface area (Å²) in [7, 11) is 0. The smallest absolute Gasteiger partial charge is 0.196 e. The SMILES string of the molecule is CCCCCCC[C@@H](O)F. The molecule has 0 aromatic rings. The van der Waals surface area contributed by atoms with Crippen molar-refractivity contribution in [2.75, 3.05) is 0 Å². The second-order valence-corrected chi connectivity index (χ2v) is 2.64. The fourth-order valence-corrected chi connectivity index (χ4v) is 0.916. The van der Waals surface area contributed by atoms with Crippen LogP contribution in [0.3, 0.4) is 0 Å². The number of hydrogen-bond donors (Lipinski definition) is 1. The molecule has 0 heterocycles. The lowest BCUT2D eigenvalue weighted by molar-refractivity contribution is 0.0323. The Balaban J connectivity index is 2.77. The molecule has 0 radical (unpaired) electrons. The number of alkyl halides is 1. The molecule has 1 atom stereocenters. The van der Waals surface area contributed by atoms with E-state index in [9.17, 15) is 4.39 Å². The minimum absolute atomic E-state index is 0.309. The van der Waals surface area contributed by atoms with Crippen molar-refractivity contribution in [1.29, 1.82) is 0 Å². The van der Waals surface area contributed by atoms with Gasteiger partial charge in [-0.05, 0) is 6.42 Å². The zero-order chi connectivity index (χ0) is 7.82. The second-order valence-electron chi connectivity index (χ2n) is 2.64. The Bertz CT molecular complexity index is 64.3. The third-order valence-electron chi connectivity index (χ3n) is 1.55. The zero-order valence-corrected chi connectivity index (χ0v) is 6.65. The predicted molar refractivity (Wildman–Crippen MR) is 40.5 cm³/mol. The topological polar surface area (TPSA) is 20.2 Å². The van der Waals surface area contributed by atoms with Gasteiger partial charge in [0.1, 0.15) is 0 Å². The molecule has 0 saturated carbocycles. The molecule has 0 aliphatic heterocycles. The van der Waals surface area contributed by atoms with Crippen LogP contribution in [-0.4, -0.2) is 11.5 Å². The highest BCUT2D eigenvalue weighted by atomic mass is 19.1. The van der Waals surface area contributed by atoms with Gasteiger partial charge in [0.25, 0.3) is 0 Å². The van der Waals surface area contributed by atoms with E-state index in [-0.39, 0.29) is 0 Å². The van der Waals surface area contributed by atoms with Crippen molar-refractivity contribution in [2.45, 2.75) is 51.8 Å². The summed E-state index contributed by atoms with van der Waals surface area (Å²) < 4.78 is 11.8. The van der Waals surface area contributed by atoms with Crippen LogP contribution in [0.15, 0.2) is 0 Å². The summed E-state index contributed by atoms with van der Waals surface area (Å²) in [4.78, 5) is 0. The van der Waals surface area contributed by atoms with E-state index in [0.29, 0.717) is 6.42 Å². The molecule has 1 N–H and O–H groups in total. The van der Waals surface area contributed by atoms with E-state index in [0.717, 1.165) is 12.8 Å². The first-order valence-electron chi connectivity index (χ1n) is 4.09. The number of hydrogen-bond acceptors (Lipinski definition) is 1. The number of rotatable bonds is 6. The number of aliphatic hydroxyl groups excluding tert-OH is 1. The van der Waals surface area contributed by atoms with Crippen molar-refractivity contribution in [3.05, 3.63) is 0 Å². The Morgan fingerprint density at radius 3 is 2.30 bits per heavy atom. The summed E-state index contributed by atoms with van der Waals surface area (Å²) in [6, 6.07) is 0. The van der Waals surface area contributed by atoms with Crippen LogP contribution in [0.25, 0.3) is 0 Å². The molecule has 0 amide bonds. The first-order valence-corrected chi connectivity index (χ1v) is 4.09. The molecule has 0 bridgehead atoms. The van der Waals surface area contributed by atoms with Gasteiger partial charge in [-0.1, -0.05) is 32.6 Å². The average Bonchev–Trinajstić information content (AvgIpc) is 1.87. The average molecular weight is 148 g/mol. The van der Waals surface area contributed by atoms with E-state index in [1.165, 1.54) is 19.3 Å². The lowest BCUT2D eigenvalue weighted by atomic mass is 10.1. The summed E-state index contributed by atoms with van der Waals surface area (Å²) in [6.07, 6.45) is 4.18. The molecule has 0 rings (SSSR count). The Morgan fingerprint density at radius 2 is 1.80 bits per heavy atom. The summed E-state index contributed by atoms with van der Waals surface area (Å²) in [6.45, 7) is 2.14. The number of unbranched alkanes of at least 4 members (excludes halogenated alkanes) is 4. The van der Waals surface area contributed by atoms with Crippen LogP contribution in [0.5, 0.6) is 0 Å². The first-order chi connectivity index (χ1) is 4.77. The van der Waals surface area contributed by atoms with E-state index in [1.54, 1.807) is 0 Å². The molecule has 0 spiro atoms. The van der Waals surface area contributed by atoms with Gasteiger partial charge in [-0.15, -0.1) is 0 Å². The van der Waals surface area contributed by atoms with Gasteiger partial charge in [-0.25, -0.2) is 4.39 Å². The maximum atomic E-state index is 11.8. The lowest BCUT2D eigenvalue weighted by Crippen LogP contribution is -1.95. The standard InChI is InChI=1S/C8H17FO/c1-2-3-4-5-6-7-8(9)10/h8,10H,2-7H2,1H3/t8-/m1/s1. The molecular formula is C8H17FO. The minimum atomic E-state index is -1.60. The summed E-state index contributed by atoms with van der Waals surface area (Å²) in [5, 5.41) is 8.24. The normalized spacial score (nSPS) is 13.5. The molecular weight excluding hydrogens is 131 g/mol. The predicted octanol–water partition coefficient (Wildman–Crippen LogP) is 2.63. The molecule has 0 aliphatic rings. The largest absolute Gasteiger partial charge is 0.364 e. The van der Waals surface area contributed by atoms with Crippen molar-refractivity contribution < 1.29 is 9.50 Å². The fourth-order valence-electron chi connectivity index (χ4n) is 0.916. The third-order valence-corrected chi connectivity index (χ3v) is 1.55. The maximum Gasteiger partial charge on any atom is 0.196 e. The summed E-state index contributed by atoms with van der Waals surface area (Å²) in [5.74, 6) is 0. The Morgan fingerprint density at radius 1 is 1.20 bits per heavy atom. The highest BCUT2D eigenvalue weighted by Crippen LogP contribution is 2.07. The summed E-state index contributed by atoms with van der Waals surface area (Å²) >= 11 is 0. The van der Waals surface area contributed by atoms with E-state index < -0.39 is 6.36 Å². The Kier molecular flexibility index (Phi) is 6.93.